The SMILES string of the molecule is CCC1(O)SC(=O)C=C1O. The highest BCUT2D eigenvalue weighted by atomic mass is 32.2. The zero-order valence-corrected chi connectivity index (χ0v) is 6.31. The van der Waals surface area contributed by atoms with Crippen molar-refractivity contribution in [2.75, 3.05) is 0 Å². The van der Waals surface area contributed by atoms with Gasteiger partial charge in [-0.3, -0.25) is 4.79 Å². The Labute approximate surface area is 62.7 Å². The molecule has 0 aliphatic carbocycles. The number of rotatable bonds is 1. The lowest BCUT2D eigenvalue weighted by molar-refractivity contribution is -0.107. The average Bonchev–Trinajstić information content (AvgIpc) is 2.09. The third-order valence-electron chi connectivity index (χ3n) is 1.40. The van der Waals surface area contributed by atoms with Crippen molar-refractivity contribution >= 4 is 16.9 Å². The van der Waals surface area contributed by atoms with Crippen molar-refractivity contribution < 1.29 is 15.0 Å². The molecule has 1 unspecified atom stereocenters. The van der Waals surface area contributed by atoms with E-state index >= 15 is 0 Å². The van der Waals surface area contributed by atoms with Crippen LogP contribution in [0.5, 0.6) is 0 Å². The second-order valence-electron chi connectivity index (χ2n) is 2.09. The summed E-state index contributed by atoms with van der Waals surface area (Å²) in [6.45, 7) is 1.70. The van der Waals surface area contributed by atoms with Crippen LogP contribution in [0.25, 0.3) is 0 Å². The minimum absolute atomic E-state index is 0.231. The Morgan fingerprint density at radius 3 is 2.60 bits per heavy atom. The summed E-state index contributed by atoms with van der Waals surface area (Å²) in [4.78, 5) is 9.24. The normalized spacial score (nSPS) is 32.6. The average molecular weight is 160 g/mol. The fourth-order valence-corrected chi connectivity index (χ4v) is 1.54. The topological polar surface area (TPSA) is 57.5 Å². The summed E-state index contributed by atoms with van der Waals surface area (Å²) >= 11 is 0.750. The third kappa shape index (κ3) is 1.04. The van der Waals surface area contributed by atoms with Gasteiger partial charge in [-0.15, -0.1) is 0 Å². The van der Waals surface area contributed by atoms with Crippen molar-refractivity contribution in [2.24, 2.45) is 0 Å². The van der Waals surface area contributed by atoms with Gasteiger partial charge in [-0.05, 0) is 18.2 Å². The minimum Gasteiger partial charge on any atom is -0.508 e. The molecule has 0 aromatic rings. The van der Waals surface area contributed by atoms with Crippen molar-refractivity contribution in [1.82, 2.24) is 0 Å². The predicted molar refractivity (Wildman–Crippen MR) is 38.6 cm³/mol. The molecular weight excluding hydrogens is 152 g/mol. The van der Waals surface area contributed by atoms with Gasteiger partial charge in [0.1, 0.15) is 5.76 Å². The van der Waals surface area contributed by atoms with E-state index < -0.39 is 4.93 Å². The van der Waals surface area contributed by atoms with E-state index in [1.807, 2.05) is 0 Å². The van der Waals surface area contributed by atoms with Crippen molar-refractivity contribution in [3.8, 4) is 0 Å². The first kappa shape index (κ1) is 7.63. The van der Waals surface area contributed by atoms with Gasteiger partial charge in [-0.1, -0.05) is 6.92 Å². The second kappa shape index (κ2) is 2.29. The Bertz CT molecular complexity index is 199. The van der Waals surface area contributed by atoms with Crippen LogP contribution >= 0.6 is 11.8 Å². The van der Waals surface area contributed by atoms with Crippen LogP contribution < -0.4 is 0 Å². The molecular formula is C6H8O3S. The van der Waals surface area contributed by atoms with Crippen LogP contribution in [-0.4, -0.2) is 20.3 Å². The molecule has 1 heterocycles. The van der Waals surface area contributed by atoms with Gasteiger partial charge in [0.2, 0.25) is 5.12 Å². The quantitative estimate of drug-likeness (QED) is 0.595. The van der Waals surface area contributed by atoms with Crippen LogP contribution in [0.1, 0.15) is 13.3 Å². The third-order valence-corrected chi connectivity index (χ3v) is 2.56. The van der Waals surface area contributed by atoms with E-state index in [-0.39, 0.29) is 10.9 Å². The van der Waals surface area contributed by atoms with Crippen LogP contribution in [0.3, 0.4) is 0 Å². The monoisotopic (exact) mass is 160 g/mol. The van der Waals surface area contributed by atoms with E-state index in [4.69, 9.17) is 5.11 Å². The molecule has 2 N–H and O–H groups in total. The molecule has 0 amide bonds. The van der Waals surface area contributed by atoms with Crippen LogP contribution in [0.2, 0.25) is 0 Å². The number of aliphatic hydroxyl groups is 2. The molecule has 1 rings (SSSR count). The molecule has 1 atom stereocenters. The summed E-state index contributed by atoms with van der Waals surface area (Å²) in [5, 5.41) is 18.1. The Morgan fingerprint density at radius 1 is 1.80 bits per heavy atom. The van der Waals surface area contributed by atoms with Crippen LogP contribution in [0.15, 0.2) is 11.8 Å². The lowest BCUT2D eigenvalue weighted by atomic mass is 10.2. The standard InChI is InChI=1S/C6H8O3S/c1-2-6(9)4(7)3-5(8)10-6/h3,7,9H,2H2,1H3. The van der Waals surface area contributed by atoms with E-state index in [1.54, 1.807) is 6.92 Å². The van der Waals surface area contributed by atoms with Gasteiger partial charge in [-0.25, -0.2) is 0 Å². The summed E-state index contributed by atoms with van der Waals surface area (Å²) in [6.07, 6.45) is 1.39. The van der Waals surface area contributed by atoms with Gasteiger partial charge >= 0.3 is 0 Å². The molecule has 1 aliphatic heterocycles. The van der Waals surface area contributed by atoms with Gasteiger partial charge in [0.25, 0.3) is 0 Å². The number of aliphatic hydroxyl groups excluding tert-OH is 1. The smallest absolute Gasteiger partial charge is 0.218 e. The molecule has 56 valence electrons. The molecule has 10 heavy (non-hydrogen) atoms. The Kier molecular flexibility index (Phi) is 1.74. The van der Waals surface area contributed by atoms with E-state index in [9.17, 15) is 9.90 Å². The second-order valence-corrected chi connectivity index (χ2v) is 3.37. The zero-order chi connectivity index (χ0) is 7.78. The van der Waals surface area contributed by atoms with Crippen molar-refractivity contribution in [2.45, 2.75) is 18.3 Å². The fraction of sp³-hybridized carbons (Fsp3) is 0.500. The molecule has 0 aromatic carbocycles. The lowest BCUT2D eigenvalue weighted by Crippen LogP contribution is -2.22. The number of hydrogen-bond donors (Lipinski definition) is 2. The highest BCUT2D eigenvalue weighted by molar-refractivity contribution is 8.15. The zero-order valence-electron chi connectivity index (χ0n) is 5.50. The molecule has 0 fully saturated rings. The van der Waals surface area contributed by atoms with Gasteiger partial charge in [-0.2, -0.15) is 0 Å². The number of carbonyl (C=O) groups is 1. The van der Waals surface area contributed by atoms with Crippen LogP contribution in [0.4, 0.5) is 0 Å². The summed E-state index contributed by atoms with van der Waals surface area (Å²) in [6, 6.07) is 0. The maximum atomic E-state index is 10.6. The Balaban J connectivity index is 2.86. The largest absolute Gasteiger partial charge is 0.508 e. The fourth-order valence-electron chi connectivity index (χ4n) is 0.726. The number of hydrogen-bond acceptors (Lipinski definition) is 4. The predicted octanol–water partition coefficient (Wildman–Crippen LogP) is 0.800. The lowest BCUT2D eigenvalue weighted by Gasteiger charge is -2.17. The van der Waals surface area contributed by atoms with Gasteiger partial charge in [0.15, 0.2) is 4.93 Å². The van der Waals surface area contributed by atoms with Crippen LogP contribution in [-0.2, 0) is 4.79 Å². The summed E-state index contributed by atoms with van der Waals surface area (Å²) in [5.74, 6) is -0.231. The van der Waals surface area contributed by atoms with Crippen molar-refractivity contribution in [3.05, 3.63) is 11.8 Å². The first-order chi connectivity index (χ1) is 4.58. The van der Waals surface area contributed by atoms with E-state index in [1.165, 1.54) is 0 Å². The first-order valence-electron chi connectivity index (χ1n) is 2.95. The molecule has 0 bridgehead atoms. The summed E-state index contributed by atoms with van der Waals surface area (Å²) in [7, 11) is 0. The molecule has 1 aliphatic rings. The molecule has 0 aromatic heterocycles. The molecule has 0 radical (unpaired) electrons. The number of thioether (sulfide) groups is 1. The van der Waals surface area contributed by atoms with Gasteiger partial charge in [0, 0.05) is 6.08 Å². The van der Waals surface area contributed by atoms with Crippen molar-refractivity contribution in [1.29, 1.82) is 0 Å². The Hall–Kier alpha value is -0.480. The molecule has 4 heteroatoms. The van der Waals surface area contributed by atoms with Gasteiger partial charge < -0.3 is 10.2 Å². The first-order valence-corrected chi connectivity index (χ1v) is 3.76. The molecule has 3 nitrogen and oxygen atoms in total. The number of carbonyl (C=O) groups excluding carboxylic acids is 1. The molecule has 0 saturated carbocycles. The molecule has 0 spiro atoms. The minimum atomic E-state index is -1.35. The van der Waals surface area contributed by atoms with E-state index in [2.05, 4.69) is 0 Å². The summed E-state index contributed by atoms with van der Waals surface area (Å²) in [5.41, 5.74) is 0. The maximum absolute atomic E-state index is 10.6. The highest BCUT2D eigenvalue weighted by Gasteiger charge is 2.38. The Morgan fingerprint density at radius 2 is 2.40 bits per heavy atom. The molecule has 0 saturated heterocycles. The van der Waals surface area contributed by atoms with Crippen LogP contribution in [0, 0.1) is 0 Å². The van der Waals surface area contributed by atoms with Gasteiger partial charge in [0.05, 0.1) is 0 Å². The highest BCUT2D eigenvalue weighted by Crippen LogP contribution is 2.38. The maximum Gasteiger partial charge on any atom is 0.218 e. The van der Waals surface area contributed by atoms with Crippen molar-refractivity contribution in [3.63, 3.8) is 0 Å². The van der Waals surface area contributed by atoms with E-state index in [0.717, 1.165) is 17.8 Å². The summed E-state index contributed by atoms with van der Waals surface area (Å²) < 4.78 is 0. The van der Waals surface area contributed by atoms with E-state index in [0.29, 0.717) is 6.42 Å².